The number of aliphatic imine (C=N–C) groups is 2. The van der Waals surface area contributed by atoms with Crippen molar-refractivity contribution in [3.05, 3.63) is 128 Å². The average Bonchev–Trinajstić information content (AvgIpc) is 3.66. The minimum Gasteiger partial charge on any atom is -0.388 e. The number of hydrogen-bond acceptors (Lipinski definition) is 7. The number of amides is 1. The van der Waals surface area contributed by atoms with Gasteiger partial charge in [0.1, 0.15) is 5.82 Å². The van der Waals surface area contributed by atoms with E-state index in [0.717, 1.165) is 55.3 Å². The summed E-state index contributed by atoms with van der Waals surface area (Å²) in [6.07, 6.45) is 12.2. The van der Waals surface area contributed by atoms with Gasteiger partial charge in [0, 0.05) is 68.5 Å². The third-order valence-electron chi connectivity index (χ3n) is 8.20. The van der Waals surface area contributed by atoms with Gasteiger partial charge in [0.2, 0.25) is 5.91 Å². The summed E-state index contributed by atoms with van der Waals surface area (Å²) < 4.78 is 12.9. The molecule has 2 N–H and O–H groups in total. The number of benzene rings is 2. The van der Waals surface area contributed by atoms with Crippen LogP contribution in [0.2, 0.25) is 0 Å². The third kappa shape index (κ3) is 11.8. The summed E-state index contributed by atoms with van der Waals surface area (Å²) in [6.45, 7) is 22.7. The number of likely N-dealkylation sites (N-methyl/N-ethyl adjacent to an activating group) is 1. The van der Waals surface area contributed by atoms with Crippen LogP contribution in [0.4, 0.5) is 10.1 Å². The highest BCUT2D eigenvalue weighted by Crippen LogP contribution is 2.21. The van der Waals surface area contributed by atoms with E-state index in [9.17, 15) is 9.18 Å². The molecule has 2 fully saturated rings. The quantitative estimate of drug-likeness (QED) is 0.206. The fourth-order valence-electron chi connectivity index (χ4n) is 5.73. The lowest BCUT2D eigenvalue weighted by Gasteiger charge is -2.41. The van der Waals surface area contributed by atoms with Gasteiger partial charge < -0.3 is 15.1 Å². The van der Waals surface area contributed by atoms with Crippen molar-refractivity contribution in [2.75, 3.05) is 51.2 Å². The summed E-state index contributed by atoms with van der Waals surface area (Å²) in [5.74, 6) is 0.682. The molecule has 3 aliphatic rings. The summed E-state index contributed by atoms with van der Waals surface area (Å²) in [5.41, 5.74) is 8.40. The number of anilines is 1. The molecule has 49 heavy (non-hydrogen) atoms. The number of halogens is 1. The topological polar surface area (TPSA) is 87.9 Å². The molecule has 0 aromatic heterocycles. The minimum atomic E-state index is -0.250. The molecule has 5 rings (SSSR count). The Balaban J connectivity index is 0.000000270. The number of hydrogen-bond donors (Lipinski definition) is 2. The second-order valence-corrected chi connectivity index (χ2v) is 11.6. The number of allylic oxidation sites excluding steroid dienone is 3. The van der Waals surface area contributed by atoms with Crippen LogP contribution in [0.5, 0.6) is 0 Å². The van der Waals surface area contributed by atoms with Crippen molar-refractivity contribution in [1.82, 2.24) is 20.5 Å². The van der Waals surface area contributed by atoms with Gasteiger partial charge in [0.15, 0.2) is 5.84 Å². The highest BCUT2D eigenvalue weighted by molar-refractivity contribution is 6.03. The Hall–Kier alpha value is -5.09. The van der Waals surface area contributed by atoms with Crippen molar-refractivity contribution >= 4 is 29.4 Å². The normalized spacial score (nSPS) is 21.2. The summed E-state index contributed by atoms with van der Waals surface area (Å²) in [7, 11) is 1.85. The van der Waals surface area contributed by atoms with Crippen LogP contribution >= 0.6 is 0 Å². The van der Waals surface area contributed by atoms with Gasteiger partial charge in [-0.1, -0.05) is 31.4 Å². The van der Waals surface area contributed by atoms with Crippen LogP contribution in [0.1, 0.15) is 44.2 Å². The molecule has 2 aromatic carbocycles. The van der Waals surface area contributed by atoms with Gasteiger partial charge in [-0.25, -0.2) is 14.4 Å². The van der Waals surface area contributed by atoms with Crippen LogP contribution in [-0.2, 0) is 4.79 Å². The molecule has 1 atom stereocenters. The van der Waals surface area contributed by atoms with E-state index in [1.807, 2.05) is 49.2 Å². The average molecular weight is 667 g/mol. The van der Waals surface area contributed by atoms with Crippen molar-refractivity contribution in [3.63, 3.8) is 0 Å². The summed E-state index contributed by atoms with van der Waals surface area (Å²) >= 11 is 0. The van der Waals surface area contributed by atoms with Gasteiger partial charge in [0.25, 0.3) is 0 Å². The number of rotatable bonds is 7. The van der Waals surface area contributed by atoms with E-state index in [-0.39, 0.29) is 17.8 Å². The van der Waals surface area contributed by atoms with Crippen LogP contribution in [0.3, 0.4) is 0 Å². The first kappa shape index (κ1) is 38.4. The fraction of sp³-hybridized carbons (Fsp3) is 0.333. The fourth-order valence-corrected chi connectivity index (χ4v) is 5.73. The molecular formula is C39H51FN8O. The first-order valence-electron chi connectivity index (χ1n) is 16.7. The Bertz CT molecular complexity index is 1540. The summed E-state index contributed by atoms with van der Waals surface area (Å²) in [4.78, 5) is 27.9. The zero-order valence-corrected chi connectivity index (χ0v) is 29.2. The Kier molecular flexibility index (Phi) is 15.9. The number of hydrazone groups is 1. The summed E-state index contributed by atoms with van der Waals surface area (Å²) in [6, 6.07) is 14.8. The van der Waals surface area contributed by atoms with Crippen LogP contribution in [-0.4, -0.2) is 85.8 Å². The van der Waals surface area contributed by atoms with E-state index in [1.165, 1.54) is 36.9 Å². The molecule has 0 spiro atoms. The predicted octanol–water partition coefficient (Wildman–Crippen LogP) is 6.30. The van der Waals surface area contributed by atoms with Crippen molar-refractivity contribution < 1.29 is 9.18 Å². The third-order valence-corrected chi connectivity index (χ3v) is 8.20. The molecule has 2 saturated heterocycles. The van der Waals surface area contributed by atoms with E-state index in [4.69, 9.17) is 0 Å². The molecule has 0 radical (unpaired) electrons. The molecule has 0 saturated carbocycles. The highest BCUT2D eigenvalue weighted by Gasteiger charge is 2.29. The molecule has 9 nitrogen and oxygen atoms in total. The SMILES string of the molecule is C=C.C=C1/C=C(NC)\C=C/C/C(c2ccc(F)cc2)=N\N1.C=CN=C(N=CC)c1ccc(N2CCN(C(=O)CN3CCCC3)C(C)C2)cc1. The lowest BCUT2D eigenvalue weighted by atomic mass is 10.1. The Morgan fingerprint density at radius 1 is 1.08 bits per heavy atom. The molecule has 3 heterocycles. The maximum Gasteiger partial charge on any atom is 0.237 e. The van der Waals surface area contributed by atoms with Crippen LogP contribution in [0.15, 0.2) is 126 Å². The van der Waals surface area contributed by atoms with Crippen LogP contribution in [0.25, 0.3) is 0 Å². The largest absolute Gasteiger partial charge is 0.388 e. The number of likely N-dealkylation sites (tertiary alicyclic amines) is 1. The Morgan fingerprint density at radius 2 is 1.78 bits per heavy atom. The predicted molar refractivity (Wildman–Crippen MR) is 204 cm³/mol. The standard InChI is InChI=1S/C22H31N5O.C15H16FN3.C2H4/c1-4-23-22(24-5-2)19-8-10-20(11-9-19)26-14-15-27(18(3)16-26)21(28)17-25-12-6-7-13-25;1-11-10-14(17-2)4-3-5-15(19-18-11)12-6-8-13(16)9-7-12;1-2/h4-5,8-11,18H,1,6-7,12-17H2,2-3H3;3-4,6-10,17-18H,1,5H2,2H3;1-2H2/b;4-3-,14-10+,19-15+;. The number of carbonyl (C=O) groups excluding carboxylic acids is 1. The zero-order valence-electron chi connectivity index (χ0n) is 29.2. The van der Waals surface area contributed by atoms with E-state index >= 15 is 0 Å². The highest BCUT2D eigenvalue weighted by atomic mass is 19.1. The van der Waals surface area contributed by atoms with Crippen molar-refractivity contribution in [2.24, 2.45) is 15.1 Å². The first-order chi connectivity index (χ1) is 23.8. The van der Waals surface area contributed by atoms with Crippen molar-refractivity contribution in [2.45, 2.75) is 39.2 Å². The second kappa shape index (κ2) is 20.3. The van der Waals surface area contributed by atoms with E-state index in [2.05, 4.69) is 81.0 Å². The molecule has 1 amide bonds. The van der Waals surface area contributed by atoms with Gasteiger partial charge >= 0.3 is 0 Å². The molecular weight excluding hydrogens is 615 g/mol. The number of piperazine rings is 1. The van der Waals surface area contributed by atoms with E-state index < -0.39 is 0 Å². The molecule has 10 heteroatoms. The molecule has 3 aliphatic heterocycles. The molecule has 0 aliphatic carbocycles. The Labute approximate surface area is 291 Å². The Morgan fingerprint density at radius 3 is 2.39 bits per heavy atom. The van der Waals surface area contributed by atoms with Crippen molar-refractivity contribution in [3.8, 4) is 0 Å². The van der Waals surface area contributed by atoms with Crippen LogP contribution in [0, 0.1) is 5.82 Å². The minimum absolute atomic E-state index is 0.214. The maximum atomic E-state index is 12.9. The molecule has 260 valence electrons. The lowest BCUT2D eigenvalue weighted by Crippen LogP contribution is -2.55. The monoisotopic (exact) mass is 666 g/mol. The lowest BCUT2D eigenvalue weighted by molar-refractivity contribution is -0.134. The molecule has 1 unspecified atom stereocenters. The van der Waals surface area contributed by atoms with E-state index in [0.29, 0.717) is 24.5 Å². The molecule has 0 bridgehead atoms. The van der Waals surface area contributed by atoms with Gasteiger partial charge in [-0.3, -0.25) is 15.1 Å². The second-order valence-electron chi connectivity index (χ2n) is 11.6. The zero-order chi connectivity index (χ0) is 35.6. The number of carbonyl (C=O) groups is 1. The number of nitrogens with zero attached hydrogens (tertiary/aromatic N) is 6. The molecule has 2 aromatic rings. The van der Waals surface area contributed by atoms with Crippen LogP contribution < -0.4 is 15.6 Å². The summed E-state index contributed by atoms with van der Waals surface area (Å²) in [5, 5.41) is 7.38. The number of amidine groups is 1. The van der Waals surface area contributed by atoms with Crippen molar-refractivity contribution in [1.29, 1.82) is 0 Å². The van der Waals surface area contributed by atoms with E-state index in [1.54, 1.807) is 18.3 Å². The number of nitrogens with one attached hydrogen (secondary N) is 2. The van der Waals surface area contributed by atoms with Gasteiger partial charge in [0.05, 0.1) is 18.0 Å². The maximum absolute atomic E-state index is 12.9. The smallest absolute Gasteiger partial charge is 0.237 e. The van der Waals surface area contributed by atoms with Gasteiger partial charge in [-0.05, 0) is 93.9 Å². The van der Waals surface area contributed by atoms with Gasteiger partial charge in [-0.15, -0.1) is 13.2 Å². The van der Waals surface area contributed by atoms with Gasteiger partial charge in [-0.2, -0.15) is 5.10 Å². The first-order valence-corrected chi connectivity index (χ1v) is 16.7.